The second kappa shape index (κ2) is 9.54. The van der Waals surface area contributed by atoms with Crippen LogP contribution in [0.1, 0.15) is 55.2 Å². The van der Waals surface area contributed by atoms with Crippen LogP contribution in [-0.4, -0.2) is 36.4 Å². The first-order chi connectivity index (χ1) is 14.9. The molecule has 0 bridgehead atoms. The molecular formula is C27H35NO3. The summed E-state index contributed by atoms with van der Waals surface area (Å²) in [6.07, 6.45) is 5.33. The molecule has 2 aliphatic rings. The van der Waals surface area contributed by atoms with Crippen molar-refractivity contribution >= 4 is 5.91 Å². The molecule has 0 radical (unpaired) electrons. The third-order valence-corrected chi connectivity index (χ3v) is 7.01. The van der Waals surface area contributed by atoms with Crippen LogP contribution in [0.5, 0.6) is 0 Å². The van der Waals surface area contributed by atoms with Crippen molar-refractivity contribution in [2.24, 2.45) is 5.41 Å². The second-order valence-corrected chi connectivity index (χ2v) is 9.62. The molecule has 2 aromatic rings. The van der Waals surface area contributed by atoms with E-state index in [-0.39, 0.29) is 18.1 Å². The quantitative estimate of drug-likeness (QED) is 0.734. The molecule has 1 aliphatic heterocycles. The Morgan fingerprint density at radius 3 is 2.19 bits per heavy atom. The summed E-state index contributed by atoms with van der Waals surface area (Å²) in [5, 5.41) is 13.1. The van der Waals surface area contributed by atoms with Gasteiger partial charge in [0.25, 0.3) is 0 Å². The van der Waals surface area contributed by atoms with E-state index in [1.165, 1.54) is 27.8 Å². The molecule has 4 nitrogen and oxygen atoms in total. The van der Waals surface area contributed by atoms with Gasteiger partial charge in [0.1, 0.15) is 0 Å². The molecule has 4 heteroatoms. The number of benzene rings is 2. The summed E-state index contributed by atoms with van der Waals surface area (Å²) in [6, 6.07) is 15.5. The van der Waals surface area contributed by atoms with Crippen molar-refractivity contribution in [3.63, 3.8) is 0 Å². The normalized spacial score (nSPS) is 23.3. The number of hydrogen-bond acceptors (Lipinski definition) is 3. The summed E-state index contributed by atoms with van der Waals surface area (Å²) in [4.78, 5) is 13.4. The number of aliphatic hydroxyl groups excluding tert-OH is 1. The lowest BCUT2D eigenvalue weighted by Crippen LogP contribution is -2.50. The first-order valence-corrected chi connectivity index (χ1v) is 11.7. The van der Waals surface area contributed by atoms with E-state index in [2.05, 4.69) is 61.6 Å². The van der Waals surface area contributed by atoms with Crippen LogP contribution < -0.4 is 5.32 Å². The number of nitrogens with one attached hydrogen (secondary N) is 1. The third-order valence-electron chi connectivity index (χ3n) is 7.01. The van der Waals surface area contributed by atoms with Crippen LogP contribution in [-0.2, 0) is 16.0 Å². The molecule has 1 saturated carbocycles. The molecule has 4 rings (SSSR count). The SMILES string of the molecule is Cc1cc(C)cc(-c2ccc(CC3(C(=O)NC4CCC(O)CC4)CCOCC3)cc2)c1. The fourth-order valence-corrected chi connectivity index (χ4v) is 5.15. The van der Waals surface area contributed by atoms with Gasteiger partial charge in [-0.15, -0.1) is 0 Å². The van der Waals surface area contributed by atoms with Crippen molar-refractivity contribution in [2.75, 3.05) is 13.2 Å². The highest BCUT2D eigenvalue weighted by molar-refractivity contribution is 5.83. The zero-order chi connectivity index (χ0) is 21.8. The first-order valence-electron chi connectivity index (χ1n) is 11.7. The largest absolute Gasteiger partial charge is 0.393 e. The van der Waals surface area contributed by atoms with Gasteiger partial charge in [0.2, 0.25) is 5.91 Å². The Morgan fingerprint density at radius 1 is 0.968 bits per heavy atom. The molecule has 2 fully saturated rings. The fourth-order valence-electron chi connectivity index (χ4n) is 5.15. The van der Waals surface area contributed by atoms with Gasteiger partial charge in [-0.05, 0) is 75.5 Å². The van der Waals surface area contributed by atoms with Gasteiger partial charge in [0, 0.05) is 19.3 Å². The highest BCUT2D eigenvalue weighted by atomic mass is 16.5. The average Bonchev–Trinajstić information content (AvgIpc) is 2.76. The second-order valence-electron chi connectivity index (χ2n) is 9.62. The first kappa shape index (κ1) is 22.0. The maximum Gasteiger partial charge on any atom is 0.226 e. The van der Waals surface area contributed by atoms with Crippen LogP contribution in [0.2, 0.25) is 0 Å². The lowest BCUT2D eigenvalue weighted by Gasteiger charge is -2.38. The van der Waals surface area contributed by atoms with E-state index in [9.17, 15) is 9.90 Å². The van der Waals surface area contributed by atoms with Crippen LogP contribution in [0.25, 0.3) is 11.1 Å². The summed E-state index contributed by atoms with van der Waals surface area (Å²) in [6.45, 7) is 5.53. The molecule has 2 aromatic carbocycles. The molecule has 0 aromatic heterocycles. The monoisotopic (exact) mass is 421 g/mol. The van der Waals surface area contributed by atoms with Gasteiger partial charge in [-0.25, -0.2) is 0 Å². The van der Waals surface area contributed by atoms with Crippen LogP contribution >= 0.6 is 0 Å². The number of amides is 1. The van der Waals surface area contributed by atoms with Crippen molar-refractivity contribution in [3.05, 3.63) is 59.2 Å². The molecule has 0 atom stereocenters. The number of carbonyl (C=O) groups is 1. The zero-order valence-corrected chi connectivity index (χ0v) is 18.8. The van der Waals surface area contributed by atoms with E-state index >= 15 is 0 Å². The smallest absolute Gasteiger partial charge is 0.226 e. The molecule has 0 spiro atoms. The van der Waals surface area contributed by atoms with Crippen molar-refractivity contribution < 1.29 is 14.6 Å². The number of aliphatic hydroxyl groups is 1. The number of aryl methyl sites for hydroxylation is 2. The summed E-state index contributed by atoms with van der Waals surface area (Å²) in [7, 11) is 0. The minimum absolute atomic E-state index is 0.163. The highest BCUT2D eigenvalue weighted by Crippen LogP contribution is 2.36. The van der Waals surface area contributed by atoms with E-state index in [4.69, 9.17) is 4.74 Å². The molecule has 0 unspecified atom stereocenters. The summed E-state index contributed by atoms with van der Waals surface area (Å²) >= 11 is 0. The highest BCUT2D eigenvalue weighted by Gasteiger charge is 2.41. The molecule has 1 heterocycles. The van der Waals surface area contributed by atoms with Crippen molar-refractivity contribution in [3.8, 4) is 11.1 Å². The van der Waals surface area contributed by atoms with Crippen LogP contribution in [0.4, 0.5) is 0 Å². The topological polar surface area (TPSA) is 58.6 Å². The lowest BCUT2D eigenvalue weighted by molar-refractivity contribution is -0.137. The van der Waals surface area contributed by atoms with E-state index in [1.807, 2.05) is 0 Å². The lowest BCUT2D eigenvalue weighted by atomic mass is 9.74. The predicted octanol–water partition coefficient (Wildman–Crippen LogP) is 4.73. The maximum absolute atomic E-state index is 13.4. The van der Waals surface area contributed by atoms with E-state index in [0.717, 1.165) is 44.9 Å². The van der Waals surface area contributed by atoms with E-state index < -0.39 is 5.41 Å². The Labute approximate surface area is 186 Å². The van der Waals surface area contributed by atoms with Crippen molar-refractivity contribution in [1.29, 1.82) is 0 Å². The van der Waals surface area contributed by atoms with Crippen molar-refractivity contribution in [2.45, 2.75) is 70.9 Å². The standard InChI is InChI=1S/C27H35NO3/c1-19-15-20(2)17-23(16-19)22-5-3-21(4-6-22)18-27(11-13-31-14-12-27)26(30)28-24-7-9-25(29)10-8-24/h3-6,15-17,24-25,29H,7-14,18H2,1-2H3,(H,28,30). The van der Waals surface area contributed by atoms with E-state index in [0.29, 0.717) is 13.2 Å². The van der Waals surface area contributed by atoms with Crippen LogP contribution in [0.3, 0.4) is 0 Å². The molecular weight excluding hydrogens is 386 g/mol. The Balaban J connectivity index is 1.49. The number of carbonyl (C=O) groups excluding carboxylic acids is 1. The van der Waals surface area contributed by atoms with Gasteiger partial charge in [-0.2, -0.15) is 0 Å². The molecule has 166 valence electrons. The zero-order valence-electron chi connectivity index (χ0n) is 18.8. The Hall–Kier alpha value is -2.17. The van der Waals surface area contributed by atoms with Crippen LogP contribution in [0.15, 0.2) is 42.5 Å². The predicted molar refractivity (Wildman–Crippen MR) is 124 cm³/mol. The van der Waals surface area contributed by atoms with Crippen LogP contribution in [0, 0.1) is 19.3 Å². The average molecular weight is 422 g/mol. The number of rotatable bonds is 5. The maximum atomic E-state index is 13.4. The minimum atomic E-state index is -0.407. The number of hydrogen-bond donors (Lipinski definition) is 2. The van der Waals surface area contributed by atoms with Gasteiger partial charge in [-0.3, -0.25) is 4.79 Å². The van der Waals surface area contributed by atoms with Gasteiger partial charge in [0.05, 0.1) is 11.5 Å². The minimum Gasteiger partial charge on any atom is -0.393 e. The molecule has 2 N–H and O–H groups in total. The van der Waals surface area contributed by atoms with Gasteiger partial charge in [-0.1, -0.05) is 53.6 Å². The van der Waals surface area contributed by atoms with Gasteiger partial charge >= 0.3 is 0 Å². The Bertz CT molecular complexity index is 871. The molecule has 1 saturated heterocycles. The Morgan fingerprint density at radius 2 is 1.58 bits per heavy atom. The van der Waals surface area contributed by atoms with E-state index in [1.54, 1.807) is 0 Å². The summed E-state index contributed by atoms with van der Waals surface area (Å²) < 4.78 is 5.60. The molecule has 1 amide bonds. The molecule has 1 aliphatic carbocycles. The summed E-state index contributed by atoms with van der Waals surface area (Å²) in [5.74, 6) is 0.163. The Kier molecular flexibility index (Phi) is 6.78. The number of ether oxygens (including phenoxy) is 1. The van der Waals surface area contributed by atoms with Crippen molar-refractivity contribution in [1.82, 2.24) is 5.32 Å². The summed E-state index contributed by atoms with van der Waals surface area (Å²) in [5.41, 5.74) is 5.78. The third kappa shape index (κ3) is 5.36. The van der Waals surface area contributed by atoms with Gasteiger partial charge < -0.3 is 15.2 Å². The van der Waals surface area contributed by atoms with Gasteiger partial charge in [0.15, 0.2) is 0 Å². The fraction of sp³-hybridized carbons (Fsp3) is 0.519. The molecule has 31 heavy (non-hydrogen) atoms.